The van der Waals surface area contributed by atoms with E-state index in [-0.39, 0.29) is 18.1 Å². The number of rotatable bonds is 4. The maximum absolute atomic E-state index is 11.8. The van der Waals surface area contributed by atoms with Gasteiger partial charge in [-0.15, -0.1) is 0 Å². The summed E-state index contributed by atoms with van der Waals surface area (Å²) in [6.45, 7) is 2.15. The van der Waals surface area contributed by atoms with Gasteiger partial charge in [0.2, 0.25) is 0 Å². The number of ether oxygens (including phenoxy) is 1. The Kier molecular flexibility index (Phi) is 3.85. The Morgan fingerprint density at radius 1 is 1.37 bits per heavy atom. The highest BCUT2D eigenvalue weighted by Gasteiger charge is 2.07. The molecule has 0 bridgehead atoms. The molecule has 0 spiro atoms. The Bertz CT molecular complexity index is 661. The zero-order chi connectivity index (χ0) is 13.8. The predicted octanol–water partition coefficient (Wildman–Crippen LogP) is 1.51. The minimum Gasteiger partial charge on any atom is -0.465 e. The van der Waals surface area contributed by atoms with Crippen molar-refractivity contribution in [1.29, 1.82) is 0 Å². The van der Waals surface area contributed by atoms with Crippen LogP contribution < -0.4 is 10.9 Å². The normalized spacial score (nSPS) is 10.4. The first-order chi connectivity index (χ1) is 9.13. The molecule has 0 aliphatic rings. The van der Waals surface area contributed by atoms with Crippen molar-refractivity contribution in [2.24, 2.45) is 7.05 Å². The monoisotopic (exact) mass is 260 g/mol. The second-order valence-corrected chi connectivity index (χ2v) is 4.13. The van der Waals surface area contributed by atoms with E-state index in [2.05, 4.69) is 5.32 Å². The van der Waals surface area contributed by atoms with Crippen molar-refractivity contribution in [3.05, 3.63) is 40.7 Å². The van der Waals surface area contributed by atoms with E-state index in [1.165, 1.54) is 6.07 Å². The molecule has 0 saturated carbocycles. The van der Waals surface area contributed by atoms with Crippen LogP contribution in [0.25, 0.3) is 10.9 Å². The van der Waals surface area contributed by atoms with Crippen molar-refractivity contribution in [2.45, 2.75) is 6.92 Å². The number of carbonyl (C=O) groups excluding carboxylic acids is 1. The third-order valence-electron chi connectivity index (χ3n) is 2.88. The van der Waals surface area contributed by atoms with E-state index in [9.17, 15) is 9.59 Å². The van der Waals surface area contributed by atoms with Crippen molar-refractivity contribution >= 4 is 22.6 Å². The zero-order valence-corrected chi connectivity index (χ0v) is 11.0. The maximum atomic E-state index is 11.8. The van der Waals surface area contributed by atoms with Gasteiger partial charge in [0.25, 0.3) is 5.56 Å². The van der Waals surface area contributed by atoms with E-state index in [0.717, 1.165) is 10.9 Å². The average molecular weight is 260 g/mol. The van der Waals surface area contributed by atoms with Crippen LogP contribution in [0.1, 0.15) is 6.92 Å². The Labute approximate surface area is 110 Å². The van der Waals surface area contributed by atoms with Crippen molar-refractivity contribution < 1.29 is 9.53 Å². The van der Waals surface area contributed by atoms with Crippen LogP contribution in [0.3, 0.4) is 0 Å². The van der Waals surface area contributed by atoms with Gasteiger partial charge in [0.05, 0.1) is 12.1 Å². The summed E-state index contributed by atoms with van der Waals surface area (Å²) in [6, 6.07) is 9.02. The van der Waals surface area contributed by atoms with Crippen molar-refractivity contribution in [3.63, 3.8) is 0 Å². The summed E-state index contributed by atoms with van der Waals surface area (Å²) in [6.07, 6.45) is 0. The van der Waals surface area contributed by atoms with Gasteiger partial charge in [-0.3, -0.25) is 9.59 Å². The summed E-state index contributed by atoms with van der Waals surface area (Å²) in [5.74, 6) is -0.341. The molecule has 0 saturated heterocycles. The van der Waals surface area contributed by atoms with Gasteiger partial charge in [-0.1, -0.05) is 18.2 Å². The number of fused-ring (bicyclic) bond motifs is 1. The van der Waals surface area contributed by atoms with Crippen LogP contribution >= 0.6 is 0 Å². The molecule has 1 aromatic carbocycles. The van der Waals surface area contributed by atoms with Crippen LogP contribution in [0.4, 0.5) is 5.69 Å². The molecule has 0 atom stereocenters. The fourth-order valence-corrected chi connectivity index (χ4v) is 1.94. The molecule has 2 aromatic rings. The quantitative estimate of drug-likeness (QED) is 0.847. The molecule has 1 aromatic heterocycles. The van der Waals surface area contributed by atoms with E-state index in [1.807, 2.05) is 24.3 Å². The number of nitrogens with zero attached hydrogens (tertiary/aromatic N) is 1. The fraction of sp³-hybridized carbons (Fsp3) is 0.286. The van der Waals surface area contributed by atoms with Crippen molar-refractivity contribution in [1.82, 2.24) is 4.57 Å². The number of aromatic nitrogens is 1. The lowest BCUT2D eigenvalue weighted by atomic mass is 10.2. The van der Waals surface area contributed by atoms with E-state index >= 15 is 0 Å². The van der Waals surface area contributed by atoms with E-state index in [0.29, 0.717) is 12.3 Å². The Morgan fingerprint density at radius 2 is 2.11 bits per heavy atom. The molecule has 19 heavy (non-hydrogen) atoms. The highest BCUT2D eigenvalue weighted by atomic mass is 16.5. The SMILES string of the molecule is CCOC(=O)CNc1cc(=O)n(C)c2ccccc12. The molecular formula is C14H16N2O3. The molecule has 1 heterocycles. The molecule has 100 valence electrons. The maximum Gasteiger partial charge on any atom is 0.325 e. The van der Waals surface area contributed by atoms with Crippen LogP contribution in [0.2, 0.25) is 0 Å². The predicted molar refractivity (Wildman–Crippen MR) is 74.3 cm³/mol. The fourth-order valence-electron chi connectivity index (χ4n) is 1.94. The number of pyridine rings is 1. The summed E-state index contributed by atoms with van der Waals surface area (Å²) in [7, 11) is 1.72. The number of hydrogen-bond donors (Lipinski definition) is 1. The van der Waals surface area contributed by atoms with Gasteiger partial charge >= 0.3 is 5.97 Å². The number of hydrogen-bond acceptors (Lipinski definition) is 4. The first-order valence-electron chi connectivity index (χ1n) is 6.11. The standard InChI is InChI=1S/C14H16N2O3/c1-3-19-14(18)9-15-11-8-13(17)16(2)12-7-5-4-6-10(11)12/h4-8,15H,3,9H2,1-2H3. The van der Waals surface area contributed by atoms with Crippen LogP contribution in [-0.2, 0) is 16.6 Å². The second-order valence-electron chi connectivity index (χ2n) is 4.13. The number of aryl methyl sites for hydroxylation is 1. The molecule has 0 aliphatic carbocycles. The van der Waals surface area contributed by atoms with Crippen molar-refractivity contribution in [3.8, 4) is 0 Å². The number of carbonyl (C=O) groups is 1. The van der Waals surface area contributed by atoms with Crippen LogP contribution in [-0.4, -0.2) is 23.7 Å². The topological polar surface area (TPSA) is 60.3 Å². The highest BCUT2D eigenvalue weighted by Crippen LogP contribution is 2.20. The third kappa shape index (κ3) is 2.76. The van der Waals surface area contributed by atoms with Crippen LogP contribution in [0, 0.1) is 0 Å². The van der Waals surface area contributed by atoms with E-state index < -0.39 is 0 Å². The van der Waals surface area contributed by atoms with Gasteiger partial charge in [-0.2, -0.15) is 0 Å². The van der Waals surface area contributed by atoms with E-state index in [4.69, 9.17) is 4.74 Å². The first kappa shape index (κ1) is 13.1. The number of nitrogens with one attached hydrogen (secondary N) is 1. The average Bonchev–Trinajstić information content (AvgIpc) is 2.42. The Hall–Kier alpha value is -2.30. The molecule has 0 radical (unpaired) electrons. The summed E-state index contributed by atoms with van der Waals surface area (Å²) in [4.78, 5) is 23.2. The van der Waals surface area contributed by atoms with Gasteiger partial charge < -0.3 is 14.6 Å². The van der Waals surface area contributed by atoms with Crippen molar-refractivity contribution in [2.75, 3.05) is 18.5 Å². The zero-order valence-electron chi connectivity index (χ0n) is 11.0. The Morgan fingerprint density at radius 3 is 2.84 bits per heavy atom. The highest BCUT2D eigenvalue weighted by molar-refractivity contribution is 5.92. The third-order valence-corrected chi connectivity index (χ3v) is 2.88. The van der Waals surface area contributed by atoms with Crippen LogP contribution in [0.5, 0.6) is 0 Å². The summed E-state index contributed by atoms with van der Waals surface area (Å²) >= 11 is 0. The number of benzene rings is 1. The minimum absolute atomic E-state index is 0.0466. The molecule has 0 unspecified atom stereocenters. The lowest BCUT2D eigenvalue weighted by Gasteiger charge is -2.11. The van der Waals surface area contributed by atoms with Gasteiger partial charge in [0, 0.05) is 24.2 Å². The van der Waals surface area contributed by atoms with E-state index in [1.54, 1.807) is 18.5 Å². The second kappa shape index (κ2) is 5.56. The molecule has 0 aliphatic heterocycles. The largest absolute Gasteiger partial charge is 0.465 e. The summed E-state index contributed by atoms with van der Waals surface area (Å²) in [5.41, 5.74) is 1.35. The van der Waals surface area contributed by atoms with Gasteiger partial charge in [-0.05, 0) is 13.0 Å². The number of esters is 1. The minimum atomic E-state index is -0.341. The van der Waals surface area contributed by atoms with Crippen LogP contribution in [0.15, 0.2) is 35.1 Å². The molecule has 2 rings (SSSR count). The number of anilines is 1. The number of para-hydroxylation sites is 1. The first-order valence-corrected chi connectivity index (χ1v) is 6.11. The summed E-state index contributed by atoms with van der Waals surface area (Å²) in [5, 5.41) is 3.85. The molecule has 5 nitrogen and oxygen atoms in total. The molecule has 0 amide bonds. The van der Waals surface area contributed by atoms with Gasteiger partial charge in [-0.25, -0.2) is 0 Å². The lowest BCUT2D eigenvalue weighted by molar-refractivity contribution is -0.140. The lowest BCUT2D eigenvalue weighted by Crippen LogP contribution is -2.21. The molecule has 1 N–H and O–H groups in total. The molecular weight excluding hydrogens is 244 g/mol. The van der Waals surface area contributed by atoms with Gasteiger partial charge in [0.1, 0.15) is 6.54 Å². The smallest absolute Gasteiger partial charge is 0.325 e. The Balaban J connectivity index is 2.36. The molecule has 5 heteroatoms. The summed E-state index contributed by atoms with van der Waals surface area (Å²) < 4.78 is 6.42. The van der Waals surface area contributed by atoms with Gasteiger partial charge in [0.15, 0.2) is 0 Å². The molecule has 0 fully saturated rings.